The van der Waals surface area contributed by atoms with Crippen molar-refractivity contribution >= 4 is 118 Å². The number of ketones is 3. The molecule has 0 saturated carbocycles. The molecule has 0 aromatic heterocycles. The summed E-state index contributed by atoms with van der Waals surface area (Å²) < 4.78 is 0.156. The van der Waals surface area contributed by atoms with Gasteiger partial charge >= 0.3 is 17.9 Å². The van der Waals surface area contributed by atoms with Crippen molar-refractivity contribution in [1.82, 2.24) is 16.0 Å². The average molecular weight is 1110 g/mol. The van der Waals surface area contributed by atoms with Gasteiger partial charge in [-0.2, -0.15) is 0 Å². The number of amides is 3. The maximum Gasteiger partial charge on any atom is 0.308 e. The van der Waals surface area contributed by atoms with Gasteiger partial charge < -0.3 is 31.3 Å². The van der Waals surface area contributed by atoms with Crippen molar-refractivity contribution in [2.45, 2.75) is 226 Å². The second-order valence-electron chi connectivity index (χ2n) is 18.7. The first-order valence-corrected chi connectivity index (χ1v) is 32.9. The highest BCUT2D eigenvalue weighted by Crippen LogP contribution is 2.84. The lowest BCUT2D eigenvalue weighted by atomic mass is 9.94. The van der Waals surface area contributed by atoms with Crippen molar-refractivity contribution < 1.29 is 58.5 Å². The smallest absolute Gasteiger partial charge is 0.308 e. The third kappa shape index (κ3) is 35.7. The fourth-order valence-electron chi connectivity index (χ4n) is 8.03. The summed E-state index contributed by atoms with van der Waals surface area (Å²) in [5.74, 6) is -4.33. The summed E-state index contributed by atoms with van der Waals surface area (Å²) in [6.45, 7) is 1.19. The zero-order valence-corrected chi connectivity index (χ0v) is 46.8. The van der Waals surface area contributed by atoms with E-state index in [1.807, 2.05) is 21.6 Å². The first-order valence-electron chi connectivity index (χ1n) is 26.3. The van der Waals surface area contributed by atoms with Crippen LogP contribution in [-0.4, -0.2) is 95.3 Å². The van der Waals surface area contributed by atoms with E-state index in [0.717, 1.165) is 57.8 Å². The minimum Gasteiger partial charge on any atom is -0.481 e. The molecule has 2 fully saturated rings. The number of carbonyl (C=O) groups is 9. The van der Waals surface area contributed by atoms with Gasteiger partial charge in [-0.1, -0.05) is 127 Å². The predicted molar refractivity (Wildman–Crippen MR) is 293 cm³/mol. The van der Waals surface area contributed by atoms with E-state index in [4.69, 9.17) is 5.11 Å². The van der Waals surface area contributed by atoms with Crippen LogP contribution < -0.4 is 16.0 Å². The van der Waals surface area contributed by atoms with Crippen LogP contribution in [0, 0.1) is 11.8 Å². The number of hydrogen-bond acceptors (Lipinski definition) is 15. The normalized spacial score (nSPS) is 14.9. The van der Waals surface area contributed by atoms with Crippen LogP contribution in [0.3, 0.4) is 0 Å². The molecule has 6 N–H and O–H groups in total. The third-order valence-corrected chi connectivity index (χ3v) is 26.3. The minimum atomic E-state index is -1.08. The van der Waals surface area contributed by atoms with Crippen molar-refractivity contribution in [2.24, 2.45) is 11.8 Å². The second-order valence-corrected chi connectivity index (χ2v) is 28.3. The summed E-state index contributed by atoms with van der Waals surface area (Å²) in [5, 5.41) is 36.5. The van der Waals surface area contributed by atoms with Crippen LogP contribution in [0.5, 0.6) is 0 Å². The van der Waals surface area contributed by atoms with Crippen LogP contribution in [-0.2, 0) is 43.2 Å². The molecular weight excluding hydrogens is 1030 g/mol. The number of unbranched alkanes of at least 4 members (excludes halogenated alkanes) is 16. The number of hydrogen-bond donors (Lipinski definition) is 6. The molecule has 2 rings (SSSR count). The molecule has 2 heterocycles. The summed E-state index contributed by atoms with van der Waals surface area (Å²) in [5.41, 5.74) is 0. The molecule has 2 aliphatic rings. The summed E-state index contributed by atoms with van der Waals surface area (Å²) in [6.07, 6.45) is 23.2. The molecule has 1 spiro atoms. The first-order chi connectivity index (χ1) is 34.2. The molecular formula is C50H83N3O12S6. The summed E-state index contributed by atoms with van der Waals surface area (Å²) >= 11 is 0. The van der Waals surface area contributed by atoms with Gasteiger partial charge in [0.25, 0.3) is 0 Å². The van der Waals surface area contributed by atoms with Gasteiger partial charge in [0.1, 0.15) is 17.3 Å². The van der Waals surface area contributed by atoms with Crippen molar-refractivity contribution in [3.63, 3.8) is 0 Å². The van der Waals surface area contributed by atoms with Crippen molar-refractivity contribution in [2.75, 3.05) is 19.6 Å². The molecule has 0 aliphatic carbocycles. The highest BCUT2D eigenvalue weighted by Gasteiger charge is 2.53. The second kappa shape index (κ2) is 41.2. The maximum atomic E-state index is 12.5. The number of rotatable bonds is 48. The Hall–Kier alpha value is -2.07. The fraction of sp³-hybridized carbons (Fsp3) is 0.820. The topological polar surface area (TPSA) is 250 Å². The molecule has 2 saturated heterocycles. The first kappa shape index (κ1) is 65.0. The third-order valence-electron chi connectivity index (χ3n) is 12.4. The number of carboxylic acid groups (broad SMARTS) is 3. The van der Waals surface area contributed by atoms with Crippen molar-refractivity contribution in [1.29, 1.82) is 0 Å². The molecule has 406 valence electrons. The molecule has 15 nitrogen and oxygen atoms in total. The van der Waals surface area contributed by atoms with Crippen LogP contribution in [0.15, 0.2) is 0 Å². The van der Waals surface area contributed by atoms with Crippen LogP contribution in [0.4, 0.5) is 0 Å². The Morgan fingerprint density at radius 3 is 1.20 bits per heavy atom. The standard InChI is InChI=1S/C50H83N3O12S6/c54-39(23-15-17-29-43(57)51-34-20-19-28-42(48(64)65)49-66-68-50(69-67-49)70-71-50)26-21-35-52-44(58)30-18-16-24-40(55)27-22-36-53-45(59)33-32-38(47(62)63)37-41(56)25-13-11-9-7-5-3-1-2-4-6-8-10-12-14-31-46(60)61/h38,42,49H,1-37H2,(H,51,57)(H,52,58)(H,53,59)(H,60,61)(H,62,63)(H,64,65)/t38-,42+/m1/s1. The Morgan fingerprint density at radius 2 is 0.761 bits per heavy atom. The lowest BCUT2D eigenvalue weighted by Gasteiger charge is -2.27. The molecule has 2 aliphatic heterocycles. The molecule has 0 bridgehead atoms. The fourth-order valence-corrected chi connectivity index (χ4v) is 21.9. The number of carbonyl (C=O) groups excluding carboxylic acids is 6. The van der Waals surface area contributed by atoms with E-state index in [-0.39, 0.29) is 80.9 Å². The van der Waals surface area contributed by atoms with Crippen molar-refractivity contribution in [3.05, 3.63) is 0 Å². The van der Waals surface area contributed by atoms with Gasteiger partial charge in [0.05, 0.1) is 16.4 Å². The van der Waals surface area contributed by atoms with E-state index >= 15 is 0 Å². The van der Waals surface area contributed by atoms with Gasteiger partial charge in [-0.3, -0.25) is 43.2 Å². The summed E-state index contributed by atoms with van der Waals surface area (Å²) in [7, 11) is 10.5. The minimum absolute atomic E-state index is 0.00632. The lowest BCUT2D eigenvalue weighted by Crippen LogP contribution is -2.27. The lowest BCUT2D eigenvalue weighted by molar-refractivity contribution is -0.144. The van der Waals surface area contributed by atoms with Crippen LogP contribution in [0.2, 0.25) is 0 Å². The van der Waals surface area contributed by atoms with Gasteiger partial charge in [0.15, 0.2) is 2.74 Å². The van der Waals surface area contributed by atoms with Gasteiger partial charge in [-0.15, -0.1) is 0 Å². The zero-order chi connectivity index (χ0) is 52.0. The SMILES string of the molecule is O=C(O)CCCCCCCCCCCCCCCCC(=O)C[C@@H](CCC(=O)NCCCC(=O)CCCCC(=O)NCCCC(=O)CCCCC(=O)NCCCC[C@@H](C(=O)O)C1SSC2(SS1)SS2)C(=O)O. The molecule has 0 radical (unpaired) electrons. The molecule has 0 unspecified atom stereocenters. The zero-order valence-electron chi connectivity index (χ0n) is 41.9. The Bertz CT molecular complexity index is 1610. The Kier molecular flexibility index (Phi) is 37.8. The average Bonchev–Trinajstić information content (AvgIpc) is 4.09. The molecule has 2 atom stereocenters. The van der Waals surface area contributed by atoms with Crippen LogP contribution >= 0.6 is 64.8 Å². The van der Waals surface area contributed by atoms with Crippen LogP contribution in [0.1, 0.15) is 218 Å². The van der Waals surface area contributed by atoms with E-state index in [1.54, 1.807) is 43.2 Å². The van der Waals surface area contributed by atoms with Gasteiger partial charge in [0.2, 0.25) is 17.7 Å². The van der Waals surface area contributed by atoms with Gasteiger partial charge in [-0.05, 0) is 92.2 Å². The Labute approximate surface area is 446 Å². The van der Waals surface area contributed by atoms with Gasteiger partial charge in [-0.25, -0.2) is 0 Å². The number of carboxylic acids is 3. The van der Waals surface area contributed by atoms with E-state index < -0.39 is 29.7 Å². The van der Waals surface area contributed by atoms with Crippen molar-refractivity contribution in [3.8, 4) is 0 Å². The number of Topliss-reactive ketones (excluding diaryl/α,β-unsaturated/α-hetero) is 3. The molecule has 0 aromatic carbocycles. The van der Waals surface area contributed by atoms with E-state index in [0.29, 0.717) is 96.7 Å². The molecule has 0 aromatic rings. The van der Waals surface area contributed by atoms with E-state index in [1.165, 1.54) is 44.9 Å². The maximum absolute atomic E-state index is 12.5. The quantitative estimate of drug-likeness (QED) is 0.0188. The molecule has 71 heavy (non-hydrogen) atoms. The van der Waals surface area contributed by atoms with E-state index in [2.05, 4.69) is 16.0 Å². The number of aliphatic carboxylic acids is 3. The number of nitrogens with one attached hydrogen (secondary N) is 3. The molecule has 21 heteroatoms. The monoisotopic (exact) mass is 1110 g/mol. The van der Waals surface area contributed by atoms with Gasteiger partial charge in [0, 0.05) is 83.8 Å². The Balaban J connectivity index is 1.35. The largest absolute Gasteiger partial charge is 0.481 e. The highest BCUT2D eigenvalue weighted by atomic mass is 33.2. The highest BCUT2D eigenvalue weighted by molar-refractivity contribution is 9.14. The summed E-state index contributed by atoms with van der Waals surface area (Å²) in [4.78, 5) is 108. The molecule has 3 amide bonds. The summed E-state index contributed by atoms with van der Waals surface area (Å²) in [6, 6.07) is 0. The predicted octanol–water partition coefficient (Wildman–Crippen LogP) is 11.9. The Morgan fingerprint density at radius 1 is 0.380 bits per heavy atom. The van der Waals surface area contributed by atoms with Crippen LogP contribution in [0.25, 0.3) is 0 Å². The van der Waals surface area contributed by atoms with E-state index in [9.17, 15) is 53.4 Å².